The Morgan fingerprint density at radius 1 is 1.00 bits per heavy atom. The zero-order valence-corrected chi connectivity index (χ0v) is 14.1. The Hall–Kier alpha value is -2.13. The van der Waals surface area contributed by atoms with Gasteiger partial charge in [-0.15, -0.1) is 0 Å². The monoisotopic (exact) mass is 323 g/mol. The zero-order chi connectivity index (χ0) is 16.9. The molecule has 0 saturated heterocycles. The molecule has 0 bridgehead atoms. The number of carbonyl (C=O) groups excluding carboxylic acids is 1. The molecule has 0 heterocycles. The van der Waals surface area contributed by atoms with Gasteiger partial charge in [-0.05, 0) is 36.5 Å². The van der Waals surface area contributed by atoms with Crippen molar-refractivity contribution in [1.29, 1.82) is 0 Å². The molecule has 1 saturated carbocycles. The third kappa shape index (κ3) is 3.85. The average molecular weight is 323 g/mol. The Morgan fingerprint density at radius 3 is 2.33 bits per heavy atom. The fourth-order valence-corrected chi connectivity index (χ4v) is 3.37. The summed E-state index contributed by atoms with van der Waals surface area (Å²) in [5.74, 6) is -0.137. The second kappa shape index (κ2) is 7.63. The normalized spacial score (nSPS) is 17.4. The first-order valence-electron chi connectivity index (χ1n) is 8.78. The van der Waals surface area contributed by atoms with Crippen molar-refractivity contribution in [1.82, 2.24) is 5.32 Å². The number of hydrogen-bond donors (Lipinski definition) is 2. The van der Waals surface area contributed by atoms with E-state index in [1.54, 1.807) is 0 Å². The van der Waals surface area contributed by atoms with E-state index >= 15 is 0 Å². The van der Waals surface area contributed by atoms with E-state index in [1.165, 1.54) is 12.8 Å². The second-order valence-corrected chi connectivity index (χ2v) is 6.69. The first-order chi connectivity index (χ1) is 11.6. The van der Waals surface area contributed by atoms with E-state index in [1.807, 2.05) is 61.5 Å². The molecule has 2 N–H and O–H groups in total. The third-order valence-corrected chi connectivity index (χ3v) is 4.94. The summed E-state index contributed by atoms with van der Waals surface area (Å²) in [5, 5.41) is 13.7. The minimum Gasteiger partial charge on any atom is -0.384 e. The van der Waals surface area contributed by atoms with Crippen LogP contribution >= 0.6 is 0 Å². The Balaban J connectivity index is 1.73. The maximum absolute atomic E-state index is 12.5. The molecule has 2 aromatic carbocycles. The average Bonchev–Trinajstić information content (AvgIpc) is 3.14. The number of carbonyl (C=O) groups is 1. The highest BCUT2D eigenvalue weighted by molar-refractivity contribution is 5.83. The topological polar surface area (TPSA) is 49.3 Å². The zero-order valence-electron chi connectivity index (χ0n) is 14.1. The number of benzene rings is 2. The van der Waals surface area contributed by atoms with Crippen LogP contribution in [0.25, 0.3) is 0 Å². The van der Waals surface area contributed by atoms with Gasteiger partial charge in [0, 0.05) is 6.04 Å². The minimum atomic E-state index is -0.670. The maximum atomic E-state index is 12.5. The van der Waals surface area contributed by atoms with Crippen molar-refractivity contribution in [2.75, 3.05) is 0 Å². The third-order valence-electron chi connectivity index (χ3n) is 4.94. The van der Waals surface area contributed by atoms with Crippen molar-refractivity contribution in [3.63, 3.8) is 0 Å². The van der Waals surface area contributed by atoms with Gasteiger partial charge in [0.25, 0.3) is 0 Å². The van der Waals surface area contributed by atoms with E-state index in [2.05, 4.69) is 5.32 Å². The molecule has 1 fully saturated rings. The molecule has 2 unspecified atom stereocenters. The molecule has 3 heteroatoms. The van der Waals surface area contributed by atoms with Crippen molar-refractivity contribution in [2.24, 2.45) is 0 Å². The van der Waals surface area contributed by atoms with Gasteiger partial charge in [-0.2, -0.15) is 0 Å². The largest absolute Gasteiger partial charge is 0.384 e. The highest BCUT2D eigenvalue weighted by atomic mass is 16.3. The van der Waals surface area contributed by atoms with Crippen LogP contribution in [-0.2, 0) is 4.79 Å². The number of aliphatic hydroxyl groups is 1. The molecule has 3 nitrogen and oxygen atoms in total. The minimum absolute atomic E-state index is 0.0771. The molecule has 3 rings (SSSR count). The molecular weight excluding hydrogens is 298 g/mol. The molecule has 1 amide bonds. The standard InChI is InChI=1S/C21H25NO2/c1-15(21(24)22-19-12-5-6-13-19)17-10-7-11-18(14-17)20(23)16-8-3-2-4-9-16/h2-4,7-11,14-15,19-20,23H,5-6,12-13H2,1H3,(H,22,24). The Kier molecular flexibility index (Phi) is 5.31. The Bertz CT molecular complexity index is 677. The van der Waals surface area contributed by atoms with Crippen molar-refractivity contribution < 1.29 is 9.90 Å². The molecular formula is C21H25NO2. The first-order valence-corrected chi connectivity index (χ1v) is 8.78. The lowest BCUT2D eigenvalue weighted by Gasteiger charge is -2.18. The van der Waals surface area contributed by atoms with Gasteiger partial charge in [-0.3, -0.25) is 4.79 Å². The van der Waals surface area contributed by atoms with Gasteiger partial charge in [0.1, 0.15) is 6.10 Å². The lowest BCUT2D eigenvalue weighted by Crippen LogP contribution is -2.35. The molecule has 1 aliphatic carbocycles. The summed E-state index contributed by atoms with van der Waals surface area (Å²) >= 11 is 0. The summed E-state index contributed by atoms with van der Waals surface area (Å²) in [6.45, 7) is 1.93. The summed E-state index contributed by atoms with van der Waals surface area (Å²) in [6, 6.07) is 17.6. The molecule has 24 heavy (non-hydrogen) atoms. The fraction of sp³-hybridized carbons (Fsp3) is 0.381. The predicted octanol–water partition coefficient (Wildman–Crippen LogP) is 3.93. The number of aliphatic hydroxyl groups excluding tert-OH is 1. The number of hydrogen-bond acceptors (Lipinski definition) is 2. The smallest absolute Gasteiger partial charge is 0.227 e. The molecule has 0 radical (unpaired) electrons. The van der Waals surface area contributed by atoms with Crippen LogP contribution in [0.15, 0.2) is 54.6 Å². The van der Waals surface area contributed by atoms with Crippen molar-refractivity contribution in [2.45, 2.75) is 50.7 Å². The highest BCUT2D eigenvalue weighted by Crippen LogP contribution is 2.26. The van der Waals surface area contributed by atoms with Crippen LogP contribution in [0.1, 0.15) is 61.3 Å². The second-order valence-electron chi connectivity index (χ2n) is 6.69. The van der Waals surface area contributed by atoms with Crippen LogP contribution in [0.3, 0.4) is 0 Å². The maximum Gasteiger partial charge on any atom is 0.227 e. The van der Waals surface area contributed by atoms with Gasteiger partial charge in [-0.1, -0.05) is 67.4 Å². The summed E-state index contributed by atoms with van der Waals surface area (Å²) in [6.07, 6.45) is 3.92. The summed E-state index contributed by atoms with van der Waals surface area (Å²) in [4.78, 5) is 12.5. The van der Waals surface area contributed by atoms with Crippen LogP contribution in [0.4, 0.5) is 0 Å². The van der Waals surface area contributed by atoms with Crippen LogP contribution < -0.4 is 5.32 Å². The summed E-state index contributed by atoms with van der Waals surface area (Å²) < 4.78 is 0. The molecule has 0 aromatic heterocycles. The summed E-state index contributed by atoms with van der Waals surface area (Å²) in [7, 11) is 0. The number of amides is 1. The van der Waals surface area contributed by atoms with Crippen LogP contribution in [0.2, 0.25) is 0 Å². The predicted molar refractivity (Wildman–Crippen MR) is 95.8 cm³/mol. The van der Waals surface area contributed by atoms with E-state index in [9.17, 15) is 9.90 Å². The van der Waals surface area contributed by atoms with Crippen molar-refractivity contribution >= 4 is 5.91 Å². The molecule has 1 aliphatic rings. The first kappa shape index (κ1) is 16.7. The van der Waals surface area contributed by atoms with Gasteiger partial charge >= 0.3 is 0 Å². The van der Waals surface area contributed by atoms with Crippen molar-refractivity contribution in [3.8, 4) is 0 Å². The van der Waals surface area contributed by atoms with Gasteiger partial charge < -0.3 is 10.4 Å². The van der Waals surface area contributed by atoms with E-state index in [0.717, 1.165) is 29.5 Å². The van der Waals surface area contributed by atoms with Crippen LogP contribution in [0.5, 0.6) is 0 Å². The molecule has 126 valence electrons. The molecule has 2 aromatic rings. The lowest BCUT2D eigenvalue weighted by molar-refractivity contribution is -0.122. The van der Waals surface area contributed by atoms with Crippen LogP contribution in [-0.4, -0.2) is 17.1 Å². The highest BCUT2D eigenvalue weighted by Gasteiger charge is 2.22. The van der Waals surface area contributed by atoms with Crippen molar-refractivity contribution in [3.05, 3.63) is 71.3 Å². The Morgan fingerprint density at radius 2 is 1.62 bits per heavy atom. The number of nitrogens with one attached hydrogen (secondary N) is 1. The van der Waals surface area contributed by atoms with E-state index < -0.39 is 6.10 Å². The lowest BCUT2D eigenvalue weighted by atomic mass is 9.94. The van der Waals surface area contributed by atoms with E-state index in [-0.39, 0.29) is 11.8 Å². The van der Waals surface area contributed by atoms with Crippen LogP contribution in [0, 0.1) is 0 Å². The van der Waals surface area contributed by atoms with Gasteiger partial charge in [0.15, 0.2) is 0 Å². The van der Waals surface area contributed by atoms with Gasteiger partial charge in [0.2, 0.25) is 5.91 Å². The fourth-order valence-electron chi connectivity index (χ4n) is 3.37. The Labute approximate surface area is 143 Å². The number of rotatable bonds is 5. The SMILES string of the molecule is CC(C(=O)NC1CCCC1)c1cccc(C(O)c2ccccc2)c1. The molecule has 0 spiro atoms. The quantitative estimate of drug-likeness (QED) is 0.876. The van der Waals surface area contributed by atoms with Gasteiger partial charge in [-0.25, -0.2) is 0 Å². The molecule has 0 aliphatic heterocycles. The summed E-state index contributed by atoms with van der Waals surface area (Å²) in [5.41, 5.74) is 2.62. The molecule has 2 atom stereocenters. The van der Waals surface area contributed by atoms with E-state index in [4.69, 9.17) is 0 Å². The van der Waals surface area contributed by atoms with E-state index in [0.29, 0.717) is 6.04 Å². The van der Waals surface area contributed by atoms with Gasteiger partial charge in [0.05, 0.1) is 5.92 Å².